The maximum Gasteiger partial charge on any atom is 0.364 e. The van der Waals surface area contributed by atoms with E-state index in [-0.39, 0.29) is 5.69 Å². The molecule has 0 radical (unpaired) electrons. The minimum absolute atomic E-state index is 0.306. The molecule has 90 valence electrons. The van der Waals surface area contributed by atoms with Crippen LogP contribution in [0.4, 0.5) is 5.82 Å². The van der Waals surface area contributed by atoms with Gasteiger partial charge in [0.2, 0.25) is 0 Å². The van der Waals surface area contributed by atoms with Crippen LogP contribution in [0.3, 0.4) is 0 Å². The quantitative estimate of drug-likeness (QED) is 0.830. The summed E-state index contributed by atoms with van der Waals surface area (Å²) in [6, 6.07) is 4.03. The molecule has 0 spiro atoms. The Morgan fingerprint density at radius 3 is 3.06 bits per heavy atom. The molecule has 0 aromatic carbocycles. The van der Waals surface area contributed by atoms with Crippen molar-refractivity contribution >= 4 is 11.5 Å². The van der Waals surface area contributed by atoms with Gasteiger partial charge in [-0.05, 0) is 37.8 Å². The number of aromatic nitrogens is 4. The Bertz CT molecular complexity index is 583. The second-order valence-corrected chi connectivity index (χ2v) is 4.64. The summed E-state index contributed by atoms with van der Waals surface area (Å²) in [6.45, 7) is 2.16. The summed E-state index contributed by atoms with van der Waals surface area (Å²) in [4.78, 5) is 11.4. The zero-order valence-electron chi connectivity index (χ0n) is 9.68. The van der Waals surface area contributed by atoms with Gasteiger partial charge in [0, 0.05) is 6.04 Å². The molecule has 0 aliphatic heterocycles. The highest BCUT2D eigenvalue weighted by atomic mass is 16.2. The van der Waals surface area contributed by atoms with Crippen LogP contribution >= 0.6 is 0 Å². The van der Waals surface area contributed by atoms with Gasteiger partial charge < -0.3 is 5.32 Å². The molecule has 2 N–H and O–H groups in total. The van der Waals surface area contributed by atoms with E-state index in [1.165, 1.54) is 23.8 Å². The number of aromatic amines is 1. The molecule has 6 nitrogen and oxygen atoms in total. The van der Waals surface area contributed by atoms with Crippen molar-refractivity contribution in [2.45, 2.75) is 32.2 Å². The summed E-state index contributed by atoms with van der Waals surface area (Å²) >= 11 is 0. The van der Waals surface area contributed by atoms with Crippen LogP contribution in [0.15, 0.2) is 16.9 Å². The molecule has 17 heavy (non-hydrogen) atoms. The van der Waals surface area contributed by atoms with Gasteiger partial charge in [0.1, 0.15) is 5.82 Å². The summed E-state index contributed by atoms with van der Waals surface area (Å²) in [5.41, 5.74) is 0.233. The zero-order valence-corrected chi connectivity index (χ0v) is 9.68. The predicted molar refractivity (Wildman–Crippen MR) is 64.0 cm³/mol. The van der Waals surface area contributed by atoms with Crippen LogP contribution in [-0.2, 0) is 0 Å². The Morgan fingerprint density at radius 2 is 2.35 bits per heavy atom. The molecule has 0 saturated heterocycles. The number of hydrogen-bond donors (Lipinski definition) is 2. The second-order valence-electron chi connectivity index (χ2n) is 4.64. The molecule has 0 bridgehead atoms. The van der Waals surface area contributed by atoms with Crippen LogP contribution in [0, 0.1) is 5.92 Å². The average molecular weight is 233 g/mol. The standard InChI is InChI=1S/C11H15N5O/c1-7(8-3-2-4-8)12-9-5-6-10-13-14-11(17)16(10)15-9/h5-8H,2-4H2,1H3,(H,12,15)(H,14,17). The van der Waals surface area contributed by atoms with Crippen molar-refractivity contribution in [3.63, 3.8) is 0 Å². The molecule has 1 fully saturated rings. The first kappa shape index (κ1) is 10.3. The van der Waals surface area contributed by atoms with E-state index in [4.69, 9.17) is 0 Å². The summed E-state index contributed by atoms with van der Waals surface area (Å²) in [5, 5.41) is 13.8. The van der Waals surface area contributed by atoms with Crippen LogP contribution in [0.2, 0.25) is 0 Å². The topological polar surface area (TPSA) is 75.1 Å². The van der Waals surface area contributed by atoms with Crippen molar-refractivity contribution in [1.82, 2.24) is 19.8 Å². The fourth-order valence-corrected chi connectivity index (χ4v) is 2.17. The normalized spacial score (nSPS) is 17.9. The maximum absolute atomic E-state index is 11.4. The van der Waals surface area contributed by atoms with Crippen LogP contribution < -0.4 is 11.0 Å². The molecular weight excluding hydrogens is 218 g/mol. The van der Waals surface area contributed by atoms with Crippen molar-refractivity contribution in [3.05, 3.63) is 22.6 Å². The van der Waals surface area contributed by atoms with Gasteiger partial charge in [0.15, 0.2) is 5.65 Å². The first-order valence-electron chi connectivity index (χ1n) is 5.95. The van der Waals surface area contributed by atoms with Gasteiger partial charge in [0.05, 0.1) is 0 Å². The van der Waals surface area contributed by atoms with Crippen molar-refractivity contribution < 1.29 is 0 Å². The average Bonchev–Trinajstić information content (AvgIpc) is 2.58. The first-order valence-corrected chi connectivity index (χ1v) is 5.95. The predicted octanol–water partition coefficient (Wildman–Crippen LogP) is 1.02. The highest BCUT2D eigenvalue weighted by Crippen LogP contribution is 2.30. The van der Waals surface area contributed by atoms with E-state index in [9.17, 15) is 4.79 Å². The van der Waals surface area contributed by atoms with Gasteiger partial charge >= 0.3 is 5.69 Å². The van der Waals surface area contributed by atoms with Gasteiger partial charge in [-0.25, -0.2) is 9.89 Å². The molecule has 1 aliphatic rings. The Kier molecular flexibility index (Phi) is 2.35. The number of H-pyrrole nitrogens is 1. The third-order valence-electron chi connectivity index (χ3n) is 3.51. The number of anilines is 1. The molecular formula is C11H15N5O. The summed E-state index contributed by atoms with van der Waals surface area (Å²) in [5.74, 6) is 1.45. The third-order valence-corrected chi connectivity index (χ3v) is 3.51. The van der Waals surface area contributed by atoms with Gasteiger partial charge in [0.25, 0.3) is 0 Å². The lowest BCUT2D eigenvalue weighted by Gasteiger charge is -2.32. The van der Waals surface area contributed by atoms with Gasteiger partial charge in [-0.15, -0.1) is 5.10 Å². The Labute approximate surface area is 98.0 Å². The molecule has 1 unspecified atom stereocenters. The van der Waals surface area contributed by atoms with Crippen molar-refractivity contribution in [3.8, 4) is 0 Å². The van der Waals surface area contributed by atoms with Crippen molar-refractivity contribution in [2.24, 2.45) is 5.92 Å². The molecule has 6 heteroatoms. The number of nitrogens with zero attached hydrogens (tertiary/aromatic N) is 3. The van der Waals surface area contributed by atoms with Crippen molar-refractivity contribution in [1.29, 1.82) is 0 Å². The van der Waals surface area contributed by atoms with E-state index in [2.05, 4.69) is 27.5 Å². The molecule has 2 aromatic rings. The fourth-order valence-electron chi connectivity index (χ4n) is 2.17. The molecule has 2 aromatic heterocycles. The van der Waals surface area contributed by atoms with Crippen LogP contribution in [0.25, 0.3) is 5.65 Å². The smallest absolute Gasteiger partial charge is 0.364 e. The molecule has 2 heterocycles. The highest BCUT2D eigenvalue weighted by Gasteiger charge is 2.23. The Balaban J connectivity index is 1.84. The Morgan fingerprint density at radius 1 is 1.53 bits per heavy atom. The molecule has 1 aliphatic carbocycles. The first-order chi connectivity index (χ1) is 8.24. The monoisotopic (exact) mass is 233 g/mol. The lowest BCUT2D eigenvalue weighted by molar-refractivity contribution is 0.284. The second kappa shape index (κ2) is 3.87. The van der Waals surface area contributed by atoms with Crippen LogP contribution in [-0.4, -0.2) is 25.9 Å². The molecule has 1 atom stereocenters. The maximum atomic E-state index is 11.4. The SMILES string of the molecule is CC(Nc1ccc2n[nH]c(=O)n2n1)C1CCC1. The molecule has 1 saturated carbocycles. The number of rotatable bonds is 3. The molecule has 0 amide bonds. The van der Waals surface area contributed by atoms with Gasteiger partial charge in [-0.2, -0.15) is 9.61 Å². The van der Waals surface area contributed by atoms with E-state index in [1.54, 1.807) is 6.07 Å². The zero-order chi connectivity index (χ0) is 11.8. The summed E-state index contributed by atoms with van der Waals surface area (Å²) in [7, 11) is 0. The van der Waals surface area contributed by atoms with Gasteiger partial charge in [-0.1, -0.05) is 6.42 Å². The fraction of sp³-hybridized carbons (Fsp3) is 0.545. The minimum Gasteiger partial charge on any atom is -0.366 e. The largest absolute Gasteiger partial charge is 0.366 e. The Hall–Kier alpha value is -1.85. The molecule has 3 rings (SSSR count). The lowest BCUT2D eigenvalue weighted by atomic mass is 9.80. The van der Waals surface area contributed by atoms with Crippen LogP contribution in [0.5, 0.6) is 0 Å². The lowest BCUT2D eigenvalue weighted by Crippen LogP contribution is -2.31. The van der Waals surface area contributed by atoms with E-state index >= 15 is 0 Å². The van der Waals surface area contributed by atoms with Gasteiger partial charge in [-0.3, -0.25) is 0 Å². The van der Waals surface area contributed by atoms with E-state index in [1.807, 2.05) is 6.07 Å². The van der Waals surface area contributed by atoms with E-state index in [0.29, 0.717) is 11.7 Å². The van der Waals surface area contributed by atoms with Crippen LogP contribution in [0.1, 0.15) is 26.2 Å². The van der Waals surface area contributed by atoms with E-state index in [0.717, 1.165) is 11.7 Å². The summed E-state index contributed by atoms with van der Waals surface area (Å²) in [6.07, 6.45) is 3.88. The third kappa shape index (κ3) is 1.79. The highest BCUT2D eigenvalue weighted by molar-refractivity contribution is 5.43. The van der Waals surface area contributed by atoms with Crippen molar-refractivity contribution in [2.75, 3.05) is 5.32 Å². The van der Waals surface area contributed by atoms with E-state index < -0.39 is 0 Å². The number of hydrogen-bond acceptors (Lipinski definition) is 4. The minimum atomic E-state index is -0.306. The summed E-state index contributed by atoms with van der Waals surface area (Å²) < 4.78 is 1.27. The number of fused-ring (bicyclic) bond motifs is 1. The number of nitrogens with one attached hydrogen (secondary N) is 2.